The molecule has 0 aromatic heterocycles. The number of rotatable bonds is 5. The molecule has 0 fully saturated rings. The topological polar surface area (TPSA) is 58.2 Å². The molecular weight excluding hydrogens is 404 g/mol. The van der Waals surface area contributed by atoms with Crippen molar-refractivity contribution >= 4 is 26.5 Å². The van der Waals surface area contributed by atoms with E-state index in [1.165, 1.54) is 16.3 Å². The summed E-state index contributed by atoms with van der Waals surface area (Å²) in [5, 5.41) is 6.21. The van der Waals surface area contributed by atoms with Crippen molar-refractivity contribution in [2.24, 2.45) is 5.92 Å². The second-order valence-electron chi connectivity index (χ2n) is 8.76. The molecular formula is C26H28N2O2S. The number of sulfonamides is 1. The molecule has 2 aliphatic rings. The van der Waals surface area contributed by atoms with Crippen LogP contribution in [0.15, 0.2) is 77.7 Å². The zero-order chi connectivity index (χ0) is 21.6. The second kappa shape index (κ2) is 7.81. The summed E-state index contributed by atoms with van der Waals surface area (Å²) in [5.74, 6) is 0.584. The van der Waals surface area contributed by atoms with Crippen LogP contribution in [0, 0.1) is 5.92 Å². The maximum atomic E-state index is 12.8. The van der Waals surface area contributed by atoms with E-state index in [0.717, 1.165) is 24.1 Å². The maximum absolute atomic E-state index is 12.8. The number of hydrogen-bond acceptors (Lipinski definition) is 3. The highest BCUT2D eigenvalue weighted by Crippen LogP contribution is 2.50. The minimum Gasteiger partial charge on any atom is -0.378 e. The average Bonchev–Trinajstić information content (AvgIpc) is 3.28. The summed E-state index contributed by atoms with van der Waals surface area (Å²) in [4.78, 5) is 0.344. The van der Waals surface area contributed by atoms with Gasteiger partial charge in [0.1, 0.15) is 0 Å². The predicted molar refractivity (Wildman–Crippen MR) is 127 cm³/mol. The number of nitrogens with one attached hydrogen (secondary N) is 2. The van der Waals surface area contributed by atoms with Crippen LogP contribution >= 0.6 is 0 Å². The van der Waals surface area contributed by atoms with Gasteiger partial charge in [-0.15, -0.1) is 0 Å². The molecule has 160 valence electrons. The molecule has 1 aliphatic heterocycles. The molecule has 0 spiro atoms. The molecule has 0 amide bonds. The number of anilines is 1. The van der Waals surface area contributed by atoms with Crippen LogP contribution in [0.5, 0.6) is 0 Å². The summed E-state index contributed by atoms with van der Waals surface area (Å²) in [6.07, 6.45) is 6.22. The van der Waals surface area contributed by atoms with Gasteiger partial charge in [-0.2, -0.15) is 0 Å². The first-order chi connectivity index (χ1) is 15.0. The molecule has 5 heteroatoms. The van der Waals surface area contributed by atoms with Crippen molar-refractivity contribution in [1.29, 1.82) is 0 Å². The molecule has 4 unspecified atom stereocenters. The Labute approximate surface area is 184 Å². The Kier molecular flexibility index (Phi) is 5.11. The summed E-state index contributed by atoms with van der Waals surface area (Å²) in [5.41, 5.74) is 3.37. The van der Waals surface area contributed by atoms with E-state index >= 15 is 0 Å². The van der Waals surface area contributed by atoms with Gasteiger partial charge < -0.3 is 5.32 Å². The monoisotopic (exact) mass is 432 g/mol. The predicted octanol–water partition coefficient (Wildman–Crippen LogP) is 5.74. The quantitative estimate of drug-likeness (QED) is 0.505. The van der Waals surface area contributed by atoms with Crippen LogP contribution in [0.1, 0.15) is 49.8 Å². The van der Waals surface area contributed by atoms with Crippen molar-refractivity contribution in [1.82, 2.24) is 4.72 Å². The molecule has 0 bridgehead atoms. The van der Waals surface area contributed by atoms with Gasteiger partial charge in [-0.3, -0.25) is 0 Å². The number of fused-ring (bicyclic) bond motifs is 4. The Bertz CT molecular complexity index is 1270. The van der Waals surface area contributed by atoms with Crippen LogP contribution in [-0.4, -0.2) is 14.5 Å². The first kappa shape index (κ1) is 20.3. The van der Waals surface area contributed by atoms with Gasteiger partial charge >= 0.3 is 0 Å². The van der Waals surface area contributed by atoms with E-state index in [-0.39, 0.29) is 18.0 Å². The lowest BCUT2D eigenvalue weighted by Gasteiger charge is -2.38. The zero-order valence-corrected chi connectivity index (χ0v) is 18.7. The van der Waals surface area contributed by atoms with E-state index in [0.29, 0.717) is 10.8 Å². The summed E-state index contributed by atoms with van der Waals surface area (Å²) in [7, 11) is -3.53. The highest BCUT2D eigenvalue weighted by atomic mass is 32.2. The third-order valence-electron chi connectivity index (χ3n) is 6.75. The Morgan fingerprint density at radius 1 is 1.06 bits per heavy atom. The normalized spacial score (nSPS) is 23.2. The van der Waals surface area contributed by atoms with E-state index in [4.69, 9.17) is 0 Å². The van der Waals surface area contributed by atoms with Crippen LogP contribution < -0.4 is 10.0 Å². The van der Waals surface area contributed by atoms with Gasteiger partial charge in [-0.05, 0) is 71.8 Å². The van der Waals surface area contributed by atoms with E-state index in [9.17, 15) is 8.42 Å². The molecule has 2 N–H and O–H groups in total. The summed E-state index contributed by atoms with van der Waals surface area (Å²) in [6.45, 7) is 3.87. The number of allylic oxidation sites excluding steroid dienone is 2. The van der Waals surface area contributed by atoms with Crippen molar-refractivity contribution in [3.05, 3.63) is 83.9 Å². The molecule has 3 aromatic rings. The maximum Gasteiger partial charge on any atom is 0.240 e. The molecule has 1 heterocycles. The average molecular weight is 433 g/mol. The lowest BCUT2D eigenvalue weighted by molar-refractivity contribution is 0.425. The standard InChI is InChI=1S/C26H28N2O2S/c1-3-17(2)28-31(29,30)21-13-14-25-24(16-21)22-9-6-10-23(22)26(27-25)20-12-11-18-7-4-5-8-19(18)15-20/h4-9,11-17,22-23,26-28H,3,10H2,1-2H3. The van der Waals surface area contributed by atoms with Crippen molar-refractivity contribution in [3.8, 4) is 0 Å². The largest absolute Gasteiger partial charge is 0.378 e. The van der Waals surface area contributed by atoms with Gasteiger partial charge in [0.05, 0.1) is 10.9 Å². The van der Waals surface area contributed by atoms with Crippen molar-refractivity contribution in [3.63, 3.8) is 0 Å². The van der Waals surface area contributed by atoms with Gasteiger partial charge in [-0.25, -0.2) is 13.1 Å². The fourth-order valence-corrected chi connectivity index (χ4v) is 6.25. The van der Waals surface area contributed by atoms with Crippen molar-refractivity contribution in [2.75, 3.05) is 5.32 Å². The molecule has 4 nitrogen and oxygen atoms in total. The van der Waals surface area contributed by atoms with Gasteiger partial charge in [0.15, 0.2) is 0 Å². The molecule has 3 aromatic carbocycles. The Hall–Kier alpha value is -2.63. The highest BCUT2D eigenvalue weighted by Gasteiger charge is 2.38. The third kappa shape index (κ3) is 3.66. The summed E-state index contributed by atoms with van der Waals surface area (Å²) >= 11 is 0. The molecule has 0 saturated heterocycles. The van der Waals surface area contributed by atoms with E-state index in [1.807, 2.05) is 26.0 Å². The number of hydrogen-bond donors (Lipinski definition) is 2. The molecule has 4 atom stereocenters. The van der Waals surface area contributed by atoms with Gasteiger partial charge in [-0.1, -0.05) is 55.5 Å². The lowest BCUT2D eigenvalue weighted by atomic mass is 9.77. The fraction of sp³-hybridized carbons (Fsp3) is 0.308. The minimum atomic E-state index is -3.53. The van der Waals surface area contributed by atoms with E-state index < -0.39 is 10.0 Å². The molecule has 5 rings (SSSR count). The lowest BCUT2D eigenvalue weighted by Crippen LogP contribution is -2.33. The van der Waals surface area contributed by atoms with E-state index in [2.05, 4.69) is 64.7 Å². The van der Waals surface area contributed by atoms with Gasteiger partial charge in [0.2, 0.25) is 10.0 Å². The first-order valence-corrected chi connectivity index (χ1v) is 12.5. The van der Waals surface area contributed by atoms with Crippen LogP contribution in [0.3, 0.4) is 0 Å². The smallest absolute Gasteiger partial charge is 0.240 e. The van der Waals surface area contributed by atoms with E-state index in [1.54, 1.807) is 6.07 Å². The fourth-order valence-electron chi connectivity index (χ4n) is 4.89. The molecule has 0 saturated carbocycles. The summed E-state index contributed by atoms with van der Waals surface area (Å²) < 4.78 is 28.5. The number of benzene rings is 3. The molecule has 1 aliphatic carbocycles. The third-order valence-corrected chi connectivity index (χ3v) is 8.33. The van der Waals surface area contributed by atoms with Crippen molar-refractivity contribution in [2.45, 2.75) is 49.6 Å². The zero-order valence-electron chi connectivity index (χ0n) is 17.9. The second-order valence-corrected chi connectivity index (χ2v) is 10.5. The summed E-state index contributed by atoms with van der Waals surface area (Å²) in [6, 6.07) is 20.7. The van der Waals surface area contributed by atoms with Crippen LogP contribution in [0.25, 0.3) is 10.8 Å². The molecule has 0 radical (unpaired) electrons. The SMILES string of the molecule is CCC(C)NS(=O)(=O)c1ccc2c(c1)C1C=CCC1C(c1ccc3ccccc3c1)N2. The van der Waals surface area contributed by atoms with Crippen LogP contribution in [0.4, 0.5) is 5.69 Å². The Balaban J connectivity index is 1.52. The first-order valence-electron chi connectivity index (χ1n) is 11.0. The van der Waals surface area contributed by atoms with Gasteiger partial charge in [0.25, 0.3) is 0 Å². The Morgan fingerprint density at radius 3 is 2.68 bits per heavy atom. The van der Waals surface area contributed by atoms with Crippen LogP contribution in [-0.2, 0) is 10.0 Å². The van der Waals surface area contributed by atoms with Crippen LogP contribution in [0.2, 0.25) is 0 Å². The van der Waals surface area contributed by atoms with Gasteiger partial charge in [0, 0.05) is 17.6 Å². The minimum absolute atomic E-state index is 0.0874. The Morgan fingerprint density at radius 2 is 1.87 bits per heavy atom. The highest BCUT2D eigenvalue weighted by molar-refractivity contribution is 7.89. The van der Waals surface area contributed by atoms with Crippen molar-refractivity contribution < 1.29 is 8.42 Å². The molecule has 31 heavy (non-hydrogen) atoms.